The number of ether oxygens (including phenoxy) is 7. The van der Waals surface area contributed by atoms with Gasteiger partial charge in [-0.25, -0.2) is 0 Å². The zero-order chi connectivity index (χ0) is 34.3. The van der Waals surface area contributed by atoms with Crippen LogP contribution >= 0.6 is 0 Å². The van der Waals surface area contributed by atoms with E-state index in [-0.39, 0.29) is 35.4 Å². The van der Waals surface area contributed by atoms with E-state index in [2.05, 4.69) is 0 Å². The van der Waals surface area contributed by atoms with Crippen molar-refractivity contribution >= 4 is 11.0 Å². The topological polar surface area (TPSA) is 94.8 Å². The Morgan fingerprint density at radius 3 is 1.61 bits per heavy atom. The molecule has 6 rings (SSSR count). The molecule has 0 spiro atoms. The van der Waals surface area contributed by atoms with Crippen molar-refractivity contribution in [1.82, 2.24) is 0 Å². The van der Waals surface area contributed by atoms with Gasteiger partial charge in [0.15, 0.2) is 34.0 Å². The van der Waals surface area contributed by atoms with Gasteiger partial charge in [0.25, 0.3) is 0 Å². The molecule has 0 aliphatic heterocycles. The van der Waals surface area contributed by atoms with Gasteiger partial charge in [0.1, 0.15) is 35.9 Å². The largest absolute Gasteiger partial charge is 0.493 e. The van der Waals surface area contributed by atoms with E-state index in [1.54, 1.807) is 38.5 Å². The second kappa shape index (κ2) is 14.8. The van der Waals surface area contributed by atoms with E-state index < -0.39 is 0 Å². The summed E-state index contributed by atoms with van der Waals surface area (Å²) in [6, 6.07) is 31.6. The van der Waals surface area contributed by atoms with Crippen LogP contribution in [0.1, 0.15) is 11.1 Å². The molecule has 0 amide bonds. The smallest absolute Gasteiger partial charge is 0.203 e. The maximum atomic E-state index is 14.2. The third kappa shape index (κ3) is 6.82. The van der Waals surface area contributed by atoms with E-state index >= 15 is 0 Å². The summed E-state index contributed by atoms with van der Waals surface area (Å²) in [6.45, 7) is 0.472. The van der Waals surface area contributed by atoms with Crippen molar-refractivity contribution < 1.29 is 37.6 Å². The van der Waals surface area contributed by atoms with Gasteiger partial charge in [-0.2, -0.15) is 0 Å². The molecule has 0 bridgehead atoms. The first kappa shape index (κ1) is 32.8. The number of hydrogen-bond acceptors (Lipinski definition) is 9. The Balaban J connectivity index is 1.63. The average Bonchev–Trinajstić information content (AvgIpc) is 3.15. The van der Waals surface area contributed by atoms with Crippen LogP contribution in [-0.2, 0) is 13.2 Å². The molecule has 9 nitrogen and oxygen atoms in total. The zero-order valence-electron chi connectivity index (χ0n) is 27.9. The van der Waals surface area contributed by atoms with Crippen molar-refractivity contribution in [2.45, 2.75) is 13.2 Å². The maximum absolute atomic E-state index is 14.2. The van der Waals surface area contributed by atoms with Crippen molar-refractivity contribution in [2.75, 3.05) is 35.5 Å². The van der Waals surface area contributed by atoms with Gasteiger partial charge in [0.2, 0.25) is 5.75 Å². The molecule has 0 atom stereocenters. The van der Waals surface area contributed by atoms with Crippen LogP contribution in [0, 0.1) is 0 Å². The molecule has 0 saturated carbocycles. The lowest BCUT2D eigenvalue weighted by Crippen LogP contribution is -2.07. The van der Waals surface area contributed by atoms with Gasteiger partial charge >= 0.3 is 0 Å². The minimum atomic E-state index is -0.315. The predicted molar refractivity (Wildman–Crippen MR) is 188 cm³/mol. The summed E-state index contributed by atoms with van der Waals surface area (Å²) in [5.74, 6) is 3.30. The van der Waals surface area contributed by atoms with Gasteiger partial charge in [-0.1, -0.05) is 66.7 Å². The van der Waals surface area contributed by atoms with Crippen molar-refractivity contribution in [1.29, 1.82) is 0 Å². The third-order valence-electron chi connectivity index (χ3n) is 8.03. The Morgan fingerprint density at radius 2 is 1.06 bits per heavy atom. The summed E-state index contributed by atoms with van der Waals surface area (Å²) in [5.41, 5.74) is 3.58. The Hall–Kier alpha value is -6.09. The van der Waals surface area contributed by atoms with E-state index in [1.165, 1.54) is 27.4 Å². The van der Waals surface area contributed by atoms with E-state index in [0.717, 1.165) is 11.1 Å². The molecule has 0 fully saturated rings. The quantitative estimate of drug-likeness (QED) is 0.121. The normalized spacial score (nSPS) is 10.8. The summed E-state index contributed by atoms with van der Waals surface area (Å²) >= 11 is 0. The van der Waals surface area contributed by atoms with E-state index in [0.29, 0.717) is 56.9 Å². The molecule has 0 aliphatic carbocycles. The van der Waals surface area contributed by atoms with Crippen molar-refractivity contribution in [3.63, 3.8) is 0 Å². The summed E-state index contributed by atoms with van der Waals surface area (Å²) < 4.78 is 47.5. The van der Waals surface area contributed by atoms with Crippen LogP contribution in [0.25, 0.3) is 33.4 Å². The van der Waals surface area contributed by atoms with Crippen molar-refractivity contribution in [3.05, 3.63) is 124 Å². The minimum Gasteiger partial charge on any atom is -0.493 e. The third-order valence-corrected chi connectivity index (χ3v) is 8.03. The van der Waals surface area contributed by atoms with Crippen LogP contribution in [0.5, 0.6) is 40.2 Å². The highest BCUT2D eigenvalue weighted by Crippen LogP contribution is 2.46. The minimum absolute atomic E-state index is 0.220. The van der Waals surface area contributed by atoms with Crippen LogP contribution in [0.3, 0.4) is 0 Å². The second-order valence-electron chi connectivity index (χ2n) is 11.0. The van der Waals surface area contributed by atoms with Crippen molar-refractivity contribution in [2.24, 2.45) is 0 Å². The van der Waals surface area contributed by atoms with Crippen LogP contribution in [0.4, 0.5) is 0 Å². The molecule has 49 heavy (non-hydrogen) atoms. The molecule has 0 unspecified atom stereocenters. The van der Waals surface area contributed by atoms with Gasteiger partial charge in [-0.15, -0.1) is 0 Å². The Bertz CT molecular complexity index is 2100. The van der Waals surface area contributed by atoms with Gasteiger partial charge in [-0.05, 0) is 41.0 Å². The summed E-state index contributed by atoms with van der Waals surface area (Å²) in [7, 11) is 7.72. The summed E-state index contributed by atoms with van der Waals surface area (Å²) in [5, 5.41) is 0.254. The fourth-order valence-corrected chi connectivity index (χ4v) is 5.61. The fraction of sp³-hybridized carbons (Fsp3) is 0.175. The van der Waals surface area contributed by atoms with Crippen LogP contribution in [0.15, 0.2) is 112 Å². The van der Waals surface area contributed by atoms with Crippen molar-refractivity contribution in [3.8, 4) is 62.7 Å². The molecule has 0 radical (unpaired) electrons. The molecule has 0 N–H and O–H groups in total. The van der Waals surface area contributed by atoms with Gasteiger partial charge in [0, 0.05) is 17.7 Å². The van der Waals surface area contributed by atoms with E-state index in [1.807, 2.05) is 72.8 Å². The van der Waals surface area contributed by atoms with E-state index in [4.69, 9.17) is 37.6 Å². The van der Waals surface area contributed by atoms with Gasteiger partial charge in [0.05, 0.1) is 41.1 Å². The Labute approximate surface area is 284 Å². The number of fused-ring (bicyclic) bond motifs is 1. The molecule has 1 aromatic heterocycles. The maximum Gasteiger partial charge on any atom is 0.203 e. The van der Waals surface area contributed by atoms with Crippen LogP contribution < -0.4 is 38.6 Å². The zero-order valence-corrected chi connectivity index (χ0v) is 27.9. The lowest BCUT2D eigenvalue weighted by Gasteiger charge is -2.19. The van der Waals surface area contributed by atoms with Gasteiger partial charge < -0.3 is 37.6 Å². The molecule has 0 aliphatic rings. The second-order valence-corrected chi connectivity index (χ2v) is 11.0. The highest BCUT2D eigenvalue weighted by atomic mass is 16.5. The summed E-state index contributed by atoms with van der Waals surface area (Å²) in [6.07, 6.45) is 0. The highest BCUT2D eigenvalue weighted by Gasteiger charge is 2.24. The number of hydrogen-bond donors (Lipinski definition) is 0. The average molecular weight is 661 g/mol. The SMILES string of the molecule is COc1ccc(-c2c(OCc3ccccc3)cc(OCc3ccccc3)c3c(=O)cc(-c4cc(OC)c(OC)c(OC)c4)oc23)cc1OC. The number of benzene rings is 5. The number of rotatable bonds is 13. The molecule has 1 heterocycles. The Kier molecular flexibility index (Phi) is 9.90. The molecule has 6 aromatic rings. The predicted octanol–water partition coefficient (Wildman–Crippen LogP) is 8.33. The highest BCUT2D eigenvalue weighted by molar-refractivity contribution is 6.00. The fourth-order valence-electron chi connectivity index (χ4n) is 5.61. The number of methoxy groups -OCH3 is 5. The molecule has 9 heteroatoms. The van der Waals surface area contributed by atoms with Crippen LogP contribution in [0.2, 0.25) is 0 Å². The first-order valence-electron chi connectivity index (χ1n) is 15.5. The summed E-state index contributed by atoms with van der Waals surface area (Å²) in [4.78, 5) is 14.2. The Morgan fingerprint density at radius 1 is 0.510 bits per heavy atom. The van der Waals surface area contributed by atoms with E-state index in [9.17, 15) is 4.79 Å². The van der Waals surface area contributed by atoms with Gasteiger partial charge in [-0.3, -0.25) is 4.79 Å². The molecule has 0 saturated heterocycles. The first-order valence-corrected chi connectivity index (χ1v) is 15.5. The monoisotopic (exact) mass is 660 g/mol. The first-order chi connectivity index (χ1) is 24.0. The molecular formula is C40H36O9. The lowest BCUT2D eigenvalue weighted by atomic mass is 9.99. The molecular weight excluding hydrogens is 624 g/mol. The molecule has 5 aromatic carbocycles. The standard InChI is InChI=1S/C40H36O9/c1-42-30-17-16-27(18-32(30)43-2)37-33(47-23-25-12-8-6-9-13-25)22-34(48-24-26-14-10-7-11-15-26)38-29(41)21-31(49-40(37)38)28-19-35(44-3)39(46-5)36(20-28)45-4/h6-22H,23-24H2,1-5H3. The lowest BCUT2D eigenvalue weighted by molar-refractivity contribution is 0.293. The van der Waals surface area contributed by atoms with Crippen LogP contribution in [-0.4, -0.2) is 35.5 Å². The molecule has 250 valence electrons.